The number of Topliss-reactive ketones (excluding diaryl/α,β-unsaturated/α-hetero) is 1. The Morgan fingerprint density at radius 1 is 1.53 bits per heavy atom. The van der Waals surface area contributed by atoms with Crippen LogP contribution in [0.1, 0.15) is 30.2 Å². The number of nitrogens with zero attached hydrogens (tertiary/aromatic N) is 2. The number of carbonyl (C=O) groups excluding carboxylic acids is 1. The summed E-state index contributed by atoms with van der Waals surface area (Å²) in [7, 11) is 0. The maximum Gasteiger partial charge on any atom is 0.254 e. The Hall–Kier alpha value is -1.73. The minimum Gasteiger partial charge on any atom is -0.378 e. The van der Waals surface area contributed by atoms with Crippen molar-refractivity contribution in [2.45, 2.75) is 26.4 Å². The van der Waals surface area contributed by atoms with E-state index in [0.717, 1.165) is 0 Å². The van der Waals surface area contributed by atoms with Crippen LogP contribution in [0.2, 0.25) is 0 Å². The third kappa shape index (κ3) is 3.88. The SMILES string of the molecule is Cc1nccc(C(=O)C#CC(C)(C)O)n1. The Balaban J connectivity index is 2.90. The topological polar surface area (TPSA) is 63.1 Å². The molecule has 0 atom stereocenters. The second kappa shape index (κ2) is 4.20. The summed E-state index contributed by atoms with van der Waals surface area (Å²) < 4.78 is 0. The fourth-order valence-electron chi connectivity index (χ4n) is 0.856. The molecule has 0 saturated heterocycles. The summed E-state index contributed by atoms with van der Waals surface area (Å²) in [6.07, 6.45) is 1.50. The van der Waals surface area contributed by atoms with Crippen LogP contribution in [0.15, 0.2) is 12.3 Å². The molecule has 1 aromatic heterocycles. The molecular weight excluding hydrogens is 192 g/mol. The van der Waals surface area contributed by atoms with Crippen LogP contribution in [0.3, 0.4) is 0 Å². The van der Waals surface area contributed by atoms with Crippen LogP contribution < -0.4 is 0 Å². The van der Waals surface area contributed by atoms with E-state index in [0.29, 0.717) is 5.82 Å². The van der Waals surface area contributed by atoms with Gasteiger partial charge in [0.15, 0.2) is 0 Å². The van der Waals surface area contributed by atoms with Crippen LogP contribution in [-0.2, 0) is 0 Å². The van der Waals surface area contributed by atoms with Crippen molar-refractivity contribution in [2.75, 3.05) is 0 Å². The Morgan fingerprint density at radius 3 is 2.73 bits per heavy atom. The largest absolute Gasteiger partial charge is 0.378 e. The zero-order valence-electron chi connectivity index (χ0n) is 8.90. The van der Waals surface area contributed by atoms with Crippen molar-refractivity contribution in [3.8, 4) is 11.8 Å². The van der Waals surface area contributed by atoms with Crippen LogP contribution in [0, 0.1) is 18.8 Å². The summed E-state index contributed by atoms with van der Waals surface area (Å²) in [5.41, 5.74) is -0.920. The molecule has 0 aromatic carbocycles. The number of rotatable bonds is 1. The molecule has 15 heavy (non-hydrogen) atoms. The fraction of sp³-hybridized carbons (Fsp3) is 0.364. The zero-order valence-corrected chi connectivity index (χ0v) is 8.90. The number of aromatic nitrogens is 2. The zero-order chi connectivity index (χ0) is 11.5. The van der Waals surface area contributed by atoms with Crippen molar-refractivity contribution in [1.82, 2.24) is 9.97 Å². The third-order valence-corrected chi connectivity index (χ3v) is 1.49. The summed E-state index contributed by atoms with van der Waals surface area (Å²) in [4.78, 5) is 19.3. The lowest BCUT2D eigenvalue weighted by Crippen LogP contribution is -2.15. The first-order valence-electron chi connectivity index (χ1n) is 4.48. The highest BCUT2D eigenvalue weighted by molar-refractivity contribution is 6.07. The third-order valence-electron chi connectivity index (χ3n) is 1.49. The molecule has 0 aliphatic rings. The van der Waals surface area contributed by atoms with Crippen LogP contribution in [0.4, 0.5) is 0 Å². The Bertz CT molecular complexity index is 436. The first-order chi connectivity index (χ1) is 6.88. The first-order valence-corrected chi connectivity index (χ1v) is 4.48. The van der Waals surface area contributed by atoms with Crippen molar-refractivity contribution in [1.29, 1.82) is 0 Å². The highest BCUT2D eigenvalue weighted by atomic mass is 16.3. The van der Waals surface area contributed by atoms with Gasteiger partial charge in [-0.2, -0.15) is 0 Å². The van der Waals surface area contributed by atoms with E-state index in [1.54, 1.807) is 6.92 Å². The molecule has 1 aromatic rings. The van der Waals surface area contributed by atoms with Crippen molar-refractivity contribution in [3.05, 3.63) is 23.8 Å². The minimum absolute atomic E-state index is 0.249. The molecule has 4 heteroatoms. The molecule has 0 spiro atoms. The second-order valence-electron chi connectivity index (χ2n) is 3.63. The molecule has 78 valence electrons. The lowest BCUT2D eigenvalue weighted by molar-refractivity contribution is 0.104. The van der Waals surface area contributed by atoms with Crippen molar-refractivity contribution >= 4 is 5.78 Å². The van der Waals surface area contributed by atoms with Gasteiger partial charge in [0, 0.05) is 6.20 Å². The van der Waals surface area contributed by atoms with E-state index in [4.69, 9.17) is 0 Å². The van der Waals surface area contributed by atoms with Gasteiger partial charge in [-0.25, -0.2) is 9.97 Å². The molecule has 0 radical (unpaired) electrons. The van der Waals surface area contributed by atoms with E-state index in [-0.39, 0.29) is 5.69 Å². The van der Waals surface area contributed by atoms with Gasteiger partial charge in [-0.15, -0.1) is 0 Å². The van der Waals surface area contributed by atoms with Gasteiger partial charge in [0.05, 0.1) is 0 Å². The van der Waals surface area contributed by atoms with Gasteiger partial charge in [0.25, 0.3) is 5.78 Å². The standard InChI is InChI=1S/C11H12N2O2/c1-8-12-7-5-9(13-8)10(14)4-6-11(2,3)15/h5,7,15H,1-3H3. The van der Waals surface area contributed by atoms with Crippen LogP contribution >= 0.6 is 0 Å². The molecule has 1 N–H and O–H groups in total. The van der Waals surface area contributed by atoms with Crippen LogP contribution in [0.5, 0.6) is 0 Å². The maximum atomic E-state index is 11.5. The van der Waals surface area contributed by atoms with E-state index in [1.807, 2.05) is 0 Å². The molecule has 0 aliphatic heterocycles. The molecule has 0 bridgehead atoms. The van der Waals surface area contributed by atoms with Gasteiger partial charge >= 0.3 is 0 Å². The number of hydrogen-bond donors (Lipinski definition) is 1. The van der Waals surface area contributed by atoms with Gasteiger partial charge in [0.2, 0.25) is 0 Å². The first kappa shape index (κ1) is 11.3. The van der Waals surface area contributed by atoms with Crippen LogP contribution in [-0.4, -0.2) is 26.5 Å². The maximum absolute atomic E-state index is 11.5. The molecular formula is C11H12N2O2. The van der Waals surface area contributed by atoms with E-state index >= 15 is 0 Å². The average Bonchev–Trinajstić information content (AvgIpc) is 2.13. The van der Waals surface area contributed by atoms with Gasteiger partial charge in [0.1, 0.15) is 17.1 Å². The average molecular weight is 204 g/mol. The van der Waals surface area contributed by atoms with Gasteiger partial charge in [-0.05, 0) is 32.8 Å². The lowest BCUT2D eigenvalue weighted by Gasteiger charge is -2.05. The number of carbonyl (C=O) groups is 1. The highest BCUT2D eigenvalue weighted by Gasteiger charge is 2.09. The summed E-state index contributed by atoms with van der Waals surface area (Å²) in [6, 6.07) is 1.49. The Morgan fingerprint density at radius 2 is 2.20 bits per heavy atom. The summed E-state index contributed by atoms with van der Waals surface area (Å²) in [5, 5.41) is 9.31. The Labute approximate surface area is 88.4 Å². The van der Waals surface area contributed by atoms with E-state index in [1.165, 1.54) is 26.1 Å². The number of aryl methyl sites for hydroxylation is 1. The predicted molar refractivity (Wildman–Crippen MR) is 55.2 cm³/mol. The Kier molecular flexibility index (Phi) is 3.17. The van der Waals surface area contributed by atoms with Gasteiger partial charge in [-0.3, -0.25) is 4.79 Å². The fourth-order valence-corrected chi connectivity index (χ4v) is 0.856. The van der Waals surface area contributed by atoms with Crippen molar-refractivity contribution in [2.24, 2.45) is 0 Å². The van der Waals surface area contributed by atoms with Crippen molar-refractivity contribution in [3.63, 3.8) is 0 Å². The molecule has 0 saturated carbocycles. The van der Waals surface area contributed by atoms with Gasteiger partial charge < -0.3 is 5.11 Å². The normalized spacial score (nSPS) is 10.4. The number of hydrogen-bond acceptors (Lipinski definition) is 4. The summed E-state index contributed by atoms with van der Waals surface area (Å²) in [5.74, 6) is 4.88. The predicted octanol–water partition coefficient (Wildman–Crippen LogP) is 0.742. The van der Waals surface area contributed by atoms with E-state index in [9.17, 15) is 9.90 Å². The molecule has 0 amide bonds. The monoisotopic (exact) mass is 204 g/mol. The number of aliphatic hydroxyl groups is 1. The molecule has 0 unspecified atom stereocenters. The van der Waals surface area contributed by atoms with Gasteiger partial charge in [-0.1, -0.05) is 5.92 Å². The molecule has 0 fully saturated rings. The lowest BCUT2D eigenvalue weighted by atomic mass is 10.1. The summed E-state index contributed by atoms with van der Waals surface area (Å²) >= 11 is 0. The quantitative estimate of drug-likeness (QED) is 0.416. The molecule has 0 aliphatic carbocycles. The van der Waals surface area contributed by atoms with E-state index in [2.05, 4.69) is 21.8 Å². The van der Waals surface area contributed by atoms with Crippen molar-refractivity contribution < 1.29 is 9.90 Å². The summed E-state index contributed by atoms with van der Waals surface area (Å²) in [6.45, 7) is 4.72. The molecule has 1 heterocycles. The molecule has 1 rings (SSSR count). The number of ketones is 1. The van der Waals surface area contributed by atoms with E-state index < -0.39 is 11.4 Å². The highest BCUT2D eigenvalue weighted by Crippen LogP contribution is 1.99. The van der Waals surface area contributed by atoms with Crippen LogP contribution in [0.25, 0.3) is 0 Å². The smallest absolute Gasteiger partial charge is 0.254 e. The minimum atomic E-state index is -1.17. The molecule has 4 nitrogen and oxygen atoms in total. The second-order valence-corrected chi connectivity index (χ2v) is 3.63.